The van der Waals surface area contributed by atoms with Crippen LogP contribution in [-0.4, -0.2) is 35.8 Å². The van der Waals surface area contributed by atoms with Crippen LogP contribution in [0.4, 0.5) is 4.39 Å². The molecule has 0 radical (unpaired) electrons. The van der Waals surface area contributed by atoms with Gasteiger partial charge in [-0.25, -0.2) is 9.37 Å². The quantitative estimate of drug-likeness (QED) is 0.754. The first-order valence-electron chi connectivity index (χ1n) is 8.84. The molecule has 5 nitrogen and oxygen atoms in total. The zero-order valence-electron chi connectivity index (χ0n) is 16.3. The molecule has 3 rings (SSSR count). The zero-order chi connectivity index (χ0) is 20.6. The molecule has 0 aliphatic heterocycles. The van der Waals surface area contributed by atoms with Crippen molar-refractivity contribution >= 4 is 22.7 Å². The van der Waals surface area contributed by atoms with E-state index in [4.69, 9.17) is 5.73 Å². The summed E-state index contributed by atoms with van der Waals surface area (Å²) in [5.41, 5.74) is 7.60. The summed E-state index contributed by atoms with van der Waals surface area (Å²) in [4.78, 5) is 30.3. The van der Waals surface area contributed by atoms with E-state index < -0.39 is 11.3 Å². The zero-order valence-corrected chi connectivity index (χ0v) is 16.3. The van der Waals surface area contributed by atoms with E-state index in [2.05, 4.69) is 4.98 Å². The van der Waals surface area contributed by atoms with E-state index in [0.717, 1.165) is 22.1 Å². The van der Waals surface area contributed by atoms with Crippen molar-refractivity contribution in [1.82, 2.24) is 9.88 Å². The standard InChI is InChI=1S/C22H22FN3O2/c1-22(2,21(28)26(3)4)14-7-10-16-17(13-5-8-15(23)9-6-13)12-19(20(24)27)25-18(16)11-14/h5-12H,1-4H3,(H2,24,27). The maximum atomic E-state index is 13.3. The predicted octanol–water partition coefficient (Wildman–Crippen LogP) is 3.51. The number of halogens is 1. The van der Waals surface area contributed by atoms with E-state index >= 15 is 0 Å². The number of benzene rings is 2. The molecule has 0 saturated carbocycles. The summed E-state index contributed by atoms with van der Waals surface area (Å²) in [5, 5.41) is 0.786. The molecule has 0 spiro atoms. The van der Waals surface area contributed by atoms with Gasteiger partial charge in [-0.15, -0.1) is 0 Å². The lowest BCUT2D eigenvalue weighted by Gasteiger charge is -2.28. The Bertz CT molecular complexity index is 1070. The summed E-state index contributed by atoms with van der Waals surface area (Å²) in [6.45, 7) is 3.69. The molecular weight excluding hydrogens is 357 g/mol. The molecule has 2 amide bonds. The van der Waals surface area contributed by atoms with Crippen molar-refractivity contribution in [2.45, 2.75) is 19.3 Å². The minimum atomic E-state index is -0.766. The second-order valence-corrected chi connectivity index (χ2v) is 7.48. The van der Waals surface area contributed by atoms with Crippen LogP contribution >= 0.6 is 0 Å². The van der Waals surface area contributed by atoms with E-state index in [1.165, 1.54) is 12.1 Å². The van der Waals surface area contributed by atoms with Gasteiger partial charge in [0, 0.05) is 19.5 Å². The number of rotatable bonds is 4. The predicted molar refractivity (Wildman–Crippen MR) is 107 cm³/mol. The largest absolute Gasteiger partial charge is 0.364 e. The number of fused-ring (bicyclic) bond motifs is 1. The molecule has 6 heteroatoms. The van der Waals surface area contributed by atoms with Crippen molar-refractivity contribution in [1.29, 1.82) is 0 Å². The number of carbonyl (C=O) groups is 2. The third-order valence-corrected chi connectivity index (χ3v) is 4.88. The monoisotopic (exact) mass is 379 g/mol. The molecule has 0 atom stereocenters. The Labute approximate surface area is 163 Å². The first-order valence-corrected chi connectivity index (χ1v) is 8.84. The van der Waals surface area contributed by atoms with Gasteiger partial charge in [0.25, 0.3) is 5.91 Å². The molecule has 0 unspecified atom stereocenters. The third kappa shape index (κ3) is 3.45. The molecule has 2 aromatic carbocycles. The van der Waals surface area contributed by atoms with Gasteiger partial charge in [-0.05, 0) is 54.8 Å². The molecule has 1 heterocycles. The molecule has 2 N–H and O–H groups in total. The third-order valence-electron chi connectivity index (χ3n) is 4.88. The van der Waals surface area contributed by atoms with Gasteiger partial charge in [-0.3, -0.25) is 9.59 Å². The number of pyridine rings is 1. The molecule has 0 saturated heterocycles. The average Bonchev–Trinajstić information content (AvgIpc) is 2.66. The van der Waals surface area contributed by atoms with Crippen molar-refractivity contribution in [3.05, 3.63) is 65.6 Å². The van der Waals surface area contributed by atoms with Crippen molar-refractivity contribution in [2.75, 3.05) is 14.1 Å². The average molecular weight is 379 g/mol. The van der Waals surface area contributed by atoms with Crippen LogP contribution in [0.15, 0.2) is 48.5 Å². The number of hydrogen-bond donors (Lipinski definition) is 1. The summed E-state index contributed by atoms with van der Waals surface area (Å²) < 4.78 is 13.3. The van der Waals surface area contributed by atoms with Crippen LogP contribution in [0.25, 0.3) is 22.0 Å². The van der Waals surface area contributed by atoms with Crippen LogP contribution < -0.4 is 5.73 Å². The van der Waals surface area contributed by atoms with Crippen LogP contribution in [0.5, 0.6) is 0 Å². The minimum Gasteiger partial charge on any atom is -0.364 e. The molecule has 0 bridgehead atoms. The number of nitrogens with two attached hydrogens (primary N) is 1. The summed E-state index contributed by atoms with van der Waals surface area (Å²) >= 11 is 0. The van der Waals surface area contributed by atoms with Crippen molar-refractivity contribution in [3.8, 4) is 11.1 Å². The van der Waals surface area contributed by atoms with Gasteiger partial charge in [0.2, 0.25) is 5.91 Å². The van der Waals surface area contributed by atoms with Crippen molar-refractivity contribution < 1.29 is 14.0 Å². The normalized spacial score (nSPS) is 11.5. The van der Waals surface area contributed by atoms with Gasteiger partial charge in [0.05, 0.1) is 10.9 Å². The second kappa shape index (κ2) is 7.03. The van der Waals surface area contributed by atoms with E-state index in [1.807, 2.05) is 26.0 Å². The lowest BCUT2D eigenvalue weighted by atomic mass is 9.82. The number of likely N-dealkylation sites (N-methyl/N-ethyl adjacent to an activating group) is 1. The Morgan fingerprint density at radius 3 is 2.25 bits per heavy atom. The highest BCUT2D eigenvalue weighted by atomic mass is 19.1. The number of aromatic nitrogens is 1. The topological polar surface area (TPSA) is 76.3 Å². The molecular formula is C22H22FN3O2. The summed E-state index contributed by atoms with van der Waals surface area (Å²) in [7, 11) is 3.42. The van der Waals surface area contributed by atoms with Gasteiger partial charge in [0.1, 0.15) is 11.5 Å². The molecule has 0 fully saturated rings. The lowest BCUT2D eigenvalue weighted by molar-refractivity contribution is -0.133. The van der Waals surface area contributed by atoms with Gasteiger partial charge in [0.15, 0.2) is 0 Å². The number of nitrogens with zero attached hydrogens (tertiary/aromatic N) is 2. The van der Waals surface area contributed by atoms with Crippen LogP contribution in [0.3, 0.4) is 0 Å². The van der Waals surface area contributed by atoms with Crippen molar-refractivity contribution in [2.24, 2.45) is 5.73 Å². The second-order valence-electron chi connectivity index (χ2n) is 7.48. The maximum absolute atomic E-state index is 13.3. The molecule has 1 aromatic heterocycles. The fourth-order valence-corrected chi connectivity index (χ4v) is 3.29. The van der Waals surface area contributed by atoms with E-state index in [9.17, 15) is 14.0 Å². The number of primary amides is 1. The highest BCUT2D eigenvalue weighted by Crippen LogP contribution is 2.33. The first kappa shape index (κ1) is 19.5. The minimum absolute atomic E-state index is 0.0448. The first-order chi connectivity index (χ1) is 13.1. The fraction of sp³-hybridized carbons (Fsp3) is 0.227. The Kier molecular flexibility index (Phi) is 4.89. The Morgan fingerprint density at radius 1 is 1.04 bits per heavy atom. The van der Waals surface area contributed by atoms with Crippen LogP contribution in [-0.2, 0) is 10.2 Å². The van der Waals surface area contributed by atoms with Crippen LogP contribution in [0.1, 0.15) is 29.9 Å². The van der Waals surface area contributed by atoms with Gasteiger partial charge in [-0.1, -0.05) is 24.3 Å². The molecule has 144 valence electrons. The number of carbonyl (C=O) groups excluding carboxylic acids is 2. The SMILES string of the molecule is CN(C)C(=O)C(C)(C)c1ccc2c(-c3ccc(F)cc3)cc(C(N)=O)nc2c1. The highest BCUT2D eigenvalue weighted by molar-refractivity contribution is 6.01. The van der Waals surface area contributed by atoms with E-state index in [0.29, 0.717) is 5.52 Å². The summed E-state index contributed by atoms with van der Waals surface area (Å²) in [6.07, 6.45) is 0. The number of amides is 2. The number of hydrogen-bond acceptors (Lipinski definition) is 3. The van der Waals surface area contributed by atoms with Crippen LogP contribution in [0.2, 0.25) is 0 Å². The molecule has 28 heavy (non-hydrogen) atoms. The summed E-state index contributed by atoms with van der Waals surface area (Å²) in [6, 6.07) is 13.2. The fourth-order valence-electron chi connectivity index (χ4n) is 3.29. The van der Waals surface area contributed by atoms with Crippen LogP contribution in [0, 0.1) is 5.82 Å². The van der Waals surface area contributed by atoms with Crippen molar-refractivity contribution in [3.63, 3.8) is 0 Å². The van der Waals surface area contributed by atoms with Gasteiger partial charge >= 0.3 is 0 Å². The Hall–Kier alpha value is -3.28. The summed E-state index contributed by atoms with van der Waals surface area (Å²) in [5.74, 6) is -1.04. The lowest BCUT2D eigenvalue weighted by Crippen LogP contribution is -2.39. The van der Waals surface area contributed by atoms with Gasteiger partial charge < -0.3 is 10.6 Å². The molecule has 0 aliphatic carbocycles. The van der Waals surface area contributed by atoms with E-state index in [1.54, 1.807) is 43.3 Å². The van der Waals surface area contributed by atoms with E-state index in [-0.39, 0.29) is 17.4 Å². The molecule has 0 aliphatic rings. The maximum Gasteiger partial charge on any atom is 0.267 e. The van der Waals surface area contributed by atoms with Gasteiger partial charge in [-0.2, -0.15) is 0 Å². The Balaban J connectivity index is 2.25. The highest BCUT2D eigenvalue weighted by Gasteiger charge is 2.31. The smallest absolute Gasteiger partial charge is 0.267 e. The molecule has 3 aromatic rings. The Morgan fingerprint density at radius 2 is 1.68 bits per heavy atom.